The van der Waals surface area contributed by atoms with Gasteiger partial charge in [-0.15, -0.1) is 11.8 Å². The molecule has 7 nitrogen and oxygen atoms in total. The molecule has 0 aromatic heterocycles. The second-order valence-corrected chi connectivity index (χ2v) is 11.1. The van der Waals surface area contributed by atoms with Crippen LogP contribution in [0.3, 0.4) is 0 Å². The third-order valence-electron chi connectivity index (χ3n) is 7.11. The Morgan fingerprint density at radius 3 is 2.12 bits per heavy atom. The molecule has 2 amide bonds. The monoisotopic (exact) mass is 584 g/mol. The number of para-hydroxylation sites is 1. The standard InChI is InChI=1S/C34H36N2O5S/c1-39-30-9-5-6-10-32(30)42-23-29-19-31(27-15-13-26(22-37)14-16-27)41-33(40-29)28-17-11-25(12-18-28)21-36-34(38)35-20-24-7-3-2-4-8-24/h2-18,29,31,33,37H,19-23H2,1H3,(H2,35,36,38)/t29-,31+,33+/m0/s1. The topological polar surface area (TPSA) is 89.0 Å². The molecule has 0 spiro atoms. The number of hydrogen-bond acceptors (Lipinski definition) is 6. The molecule has 218 valence electrons. The molecule has 3 atom stereocenters. The van der Waals surface area contributed by atoms with Crippen molar-refractivity contribution in [2.45, 2.75) is 49.5 Å². The molecule has 4 aromatic carbocycles. The van der Waals surface area contributed by atoms with E-state index in [-0.39, 0.29) is 24.8 Å². The largest absolute Gasteiger partial charge is 0.496 e. The van der Waals surface area contributed by atoms with Crippen molar-refractivity contribution in [3.63, 3.8) is 0 Å². The van der Waals surface area contributed by atoms with Gasteiger partial charge >= 0.3 is 6.03 Å². The van der Waals surface area contributed by atoms with Crippen LogP contribution < -0.4 is 15.4 Å². The van der Waals surface area contributed by atoms with Gasteiger partial charge in [-0.25, -0.2) is 4.79 Å². The number of amides is 2. The fraction of sp³-hybridized carbons (Fsp3) is 0.265. The number of rotatable bonds is 11. The van der Waals surface area contributed by atoms with Gasteiger partial charge in [-0.1, -0.05) is 91.0 Å². The van der Waals surface area contributed by atoms with E-state index in [0.29, 0.717) is 19.5 Å². The number of urea groups is 1. The van der Waals surface area contributed by atoms with Gasteiger partial charge in [0.2, 0.25) is 0 Å². The Balaban J connectivity index is 1.23. The Morgan fingerprint density at radius 1 is 0.810 bits per heavy atom. The van der Waals surface area contributed by atoms with E-state index in [2.05, 4.69) is 16.7 Å². The molecule has 8 heteroatoms. The highest BCUT2D eigenvalue weighted by atomic mass is 32.2. The third-order valence-corrected chi connectivity index (χ3v) is 8.30. The molecule has 42 heavy (non-hydrogen) atoms. The molecule has 0 bridgehead atoms. The highest BCUT2D eigenvalue weighted by Crippen LogP contribution is 2.40. The zero-order chi connectivity index (χ0) is 29.1. The van der Waals surface area contributed by atoms with Crippen molar-refractivity contribution >= 4 is 17.8 Å². The third kappa shape index (κ3) is 8.14. The normalized spacial score (nSPS) is 18.3. The van der Waals surface area contributed by atoms with Gasteiger partial charge in [0.1, 0.15) is 5.75 Å². The fourth-order valence-electron chi connectivity index (χ4n) is 4.76. The van der Waals surface area contributed by atoms with Gasteiger partial charge in [-0.2, -0.15) is 0 Å². The van der Waals surface area contributed by atoms with Crippen LogP contribution in [-0.2, 0) is 29.2 Å². The lowest BCUT2D eigenvalue weighted by Crippen LogP contribution is -2.34. The van der Waals surface area contributed by atoms with Crippen LogP contribution >= 0.6 is 11.8 Å². The van der Waals surface area contributed by atoms with Crippen LogP contribution in [-0.4, -0.2) is 30.1 Å². The van der Waals surface area contributed by atoms with Crippen LogP contribution in [0.2, 0.25) is 0 Å². The number of aliphatic hydroxyl groups excluding tert-OH is 1. The SMILES string of the molecule is COc1ccccc1SC[C@@H]1C[C@H](c2ccc(CO)cc2)O[C@H](c2ccc(CNC(=O)NCc3ccccc3)cc2)O1. The summed E-state index contributed by atoms with van der Waals surface area (Å²) < 4.78 is 18.5. The minimum absolute atomic E-state index is 0.00556. The molecule has 1 aliphatic rings. The molecular weight excluding hydrogens is 548 g/mol. The van der Waals surface area contributed by atoms with Crippen LogP contribution in [0, 0.1) is 0 Å². The second kappa shape index (κ2) is 14.9. The first-order chi connectivity index (χ1) is 20.6. The van der Waals surface area contributed by atoms with Gasteiger partial charge in [-0.05, 0) is 34.4 Å². The van der Waals surface area contributed by atoms with E-state index in [1.54, 1.807) is 18.9 Å². The van der Waals surface area contributed by atoms with Crippen molar-refractivity contribution in [2.24, 2.45) is 0 Å². The number of carbonyl (C=O) groups excluding carboxylic acids is 1. The lowest BCUT2D eigenvalue weighted by atomic mass is 10.0. The average Bonchev–Trinajstić information content (AvgIpc) is 3.06. The maximum absolute atomic E-state index is 12.3. The number of aliphatic hydroxyl groups is 1. The lowest BCUT2D eigenvalue weighted by molar-refractivity contribution is -0.245. The molecule has 1 heterocycles. The summed E-state index contributed by atoms with van der Waals surface area (Å²) in [5.41, 5.74) is 4.85. The summed E-state index contributed by atoms with van der Waals surface area (Å²) in [5.74, 6) is 1.59. The van der Waals surface area contributed by atoms with Crippen LogP contribution in [0.25, 0.3) is 0 Å². The summed E-state index contributed by atoms with van der Waals surface area (Å²) >= 11 is 1.71. The Kier molecular flexibility index (Phi) is 10.5. The number of methoxy groups -OCH3 is 1. The first-order valence-electron chi connectivity index (χ1n) is 14.0. The summed E-state index contributed by atoms with van der Waals surface area (Å²) in [6, 6.07) is 33.4. The van der Waals surface area contributed by atoms with Crippen molar-refractivity contribution in [1.29, 1.82) is 0 Å². The van der Waals surface area contributed by atoms with Crippen molar-refractivity contribution < 1.29 is 24.1 Å². The van der Waals surface area contributed by atoms with Gasteiger partial charge in [-0.3, -0.25) is 0 Å². The summed E-state index contributed by atoms with van der Waals surface area (Å²) in [4.78, 5) is 13.3. The molecule has 1 fully saturated rings. The minimum atomic E-state index is -0.541. The number of thioether (sulfide) groups is 1. The van der Waals surface area contributed by atoms with Crippen molar-refractivity contribution in [3.8, 4) is 5.75 Å². The van der Waals surface area contributed by atoms with E-state index in [4.69, 9.17) is 14.2 Å². The molecule has 0 aliphatic carbocycles. The summed E-state index contributed by atoms with van der Waals surface area (Å²) in [6.07, 6.45) is -0.0528. The van der Waals surface area contributed by atoms with E-state index in [0.717, 1.165) is 44.2 Å². The predicted octanol–water partition coefficient (Wildman–Crippen LogP) is 6.52. The summed E-state index contributed by atoms with van der Waals surface area (Å²) in [5, 5.41) is 15.3. The van der Waals surface area contributed by atoms with E-state index in [1.165, 1.54) is 0 Å². The molecule has 1 aliphatic heterocycles. The smallest absolute Gasteiger partial charge is 0.315 e. The summed E-state index contributed by atoms with van der Waals surface area (Å²) in [7, 11) is 1.68. The zero-order valence-electron chi connectivity index (χ0n) is 23.6. The molecule has 3 N–H and O–H groups in total. The number of nitrogens with one attached hydrogen (secondary N) is 2. The Labute approximate surface area is 251 Å². The first kappa shape index (κ1) is 29.7. The van der Waals surface area contributed by atoms with Gasteiger partial charge in [0.25, 0.3) is 0 Å². The van der Waals surface area contributed by atoms with Crippen LogP contribution in [0.5, 0.6) is 5.75 Å². The highest BCUT2D eigenvalue weighted by Gasteiger charge is 2.32. The average molecular weight is 585 g/mol. The number of ether oxygens (including phenoxy) is 3. The van der Waals surface area contributed by atoms with E-state index in [1.807, 2.05) is 97.1 Å². The van der Waals surface area contributed by atoms with E-state index >= 15 is 0 Å². The summed E-state index contributed by atoms with van der Waals surface area (Å²) in [6.45, 7) is 0.888. The van der Waals surface area contributed by atoms with Crippen molar-refractivity contribution in [3.05, 3.63) is 131 Å². The van der Waals surface area contributed by atoms with E-state index < -0.39 is 6.29 Å². The number of benzene rings is 4. The van der Waals surface area contributed by atoms with Gasteiger partial charge < -0.3 is 30.0 Å². The number of hydrogen-bond donors (Lipinski definition) is 3. The van der Waals surface area contributed by atoms with E-state index in [9.17, 15) is 9.90 Å². The van der Waals surface area contributed by atoms with Gasteiger partial charge in [0.15, 0.2) is 6.29 Å². The maximum atomic E-state index is 12.3. The second-order valence-electron chi connectivity index (χ2n) is 10.1. The van der Waals surface area contributed by atoms with Crippen LogP contribution in [0.15, 0.2) is 108 Å². The molecule has 1 saturated heterocycles. The van der Waals surface area contributed by atoms with Crippen molar-refractivity contribution in [2.75, 3.05) is 12.9 Å². The lowest BCUT2D eigenvalue weighted by Gasteiger charge is -2.36. The maximum Gasteiger partial charge on any atom is 0.315 e. The Morgan fingerprint density at radius 2 is 1.43 bits per heavy atom. The molecule has 0 unspecified atom stereocenters. The molecule has 0 saturated carbocycles. The first-order valence-corrected chi connectivity index (χ1v) is 15.0. The predicted molar refractivity (Wildman–Crippen MR) is 164 cm³/mol. The van der Waals surface area contributed by atoms with Crippen molar-refractivity contribution in [1.82, 2.24) is 10.6 Å². The zero-order valence-corrected chi connectivity index (χ0v) is 24.4. The molecular formula is C34H36N2O5S. The highest BCUT2D eigenvalue weighted by molar-refractivity contribution is 7.99. The number of carbonyl (C=O) groups is 1. The van der Waals surface area contributed by atoms with Crippen LogP contribution in [0.4, 0.5) is 4.79 Å². The van der Waals surface area contributed by atoms with Gasteiger partial charge in [0, 0.05) is 35.7 Å². The molecule has 5 rings (SSSR count). The van der Waals surface area contributed by atoms with Crippen LogP contribution in [0.1, 0.15) is 46.6 Å². The van der Waals surface area contributed by atoms with Gasteiger partial charge in [0.05, 0.1) is 25.9 Å². The quantitative estimate of drug-likeness (QED) is 0.174. The Bertz CT molecular complexity index is 1420. The Hall–Kier alpha value is -3.82. The fourth-order valence-corrected chi connectivity index (χ4v) is 5.81. The molecule has 4 aromatic rings. The molecule has 0 radical (unpaired) electrons. The minimum Gasteiger partial charge on any atom is -0.496 e.